The molecule has 4 rings (SSSR count). The van der Waals surface area contributed by atoms with Gasteiger partial charge in [0.25, 0.3) is 0 Å². The third-order valence-electron chi connectivity index (χ3n) is 4.61. The van der Waals surface area contributed by atoms with Crippen molar-refractivity contribution >= 4 is 21.6 Å². The van der Waals surface area contributed by atoms with Gasteiger partial charge in [0, 0.05) is 16.3 Å². The molecule has 0 spiro atoms. The molecular formula is C21H21N3OS. The summed E-state index contributed by atoms with van der Waals surface area (Å²) in [6, 6.07) is 12.0. The number of hydrogen-bond acceptors (Lipinski definition) is 5. The zero-order chi connectivity index (χ0) is 18.3. The molecule has 0 aliphatic carbocycles. The number of aromatic nitrogens is 2. The zero-order valence-electron chi connectivity index (χ0n) is 15.1. The summed E-state index contributed by atoms with van der Waals surface area (Å²) in [5, 5.41) is 3.13. The predicted octanol–water partition coefficient (Wildman–Crippen LogP) is 5.30. The van der Waals surface area contributed by atoms with E-state index in [1.807, 2.05) is 12.1 Å². The lowest BCUT2D eigenvalue weighted by Gasteiger charge is -2.19. The highest BCUT2D eigenvalue weighted by atomic mass is 32.1. The number of benzene rings is 1. The number of fused-ring (bicyclic) bond motifs is 1. The summed E-state index contributed by atoms with van der Waals surface area (Å²) in [5.74, 6) is 0.699. The molecule has 1 unspecified atom stereocenters. The minimum Gasteiger partial charge on any atom is -0.467 e. The van der Waals surface area contributed by atoms with Crippen molar-refractivity contribution in [3.05, 3.63) is 71.4 Å². The molecule has 3 heterocycles. The van der Waals surface area contributed by atoms with Crippen LogP contribution in [0.4, 0.5) is 0 Å². The van der Waals surface area contributed by atoms with Gasteiger partial charge < -0.3 is 10.2 Å². The molecule has 0 saturated carbocycles. The van der Waals surface area contributed by atoms with E-state index in [-0.39, 0.29) is 5.41 Å². The molecule has 0 fully saturated rings. The number of thiophene rings is 1. The van der Waals surface area contributed by atoms with Crippen molar-refractivity contribution in [1.82, 2.24) is 9.97 Å². The first-order valence-electron chi connectivity index (χ1n) is 8.57. The van der Waals surface area contributed by atoms with E-state index in [1.165, 1.54) is 5.56 Å². The van der Waals surface area contributed by atoms with Crippen LogP contribution in [-0.2, 0) is 5.41 Å². The molecule has 0 radical (unpaired) electrons. The Morgan fingerprint density at radius 1 is 1.08 bits per heavy atom. The fraction of sp³-hybridized carbons (Fsp3) is 0.238. The minimum atomic E-state index is -0.419. The van der Waals surface area contributed by atoms with Gasteiger partial charge in [0.15, 0.2) is 0 Å². The zero-order valence-corrected chi connectivity index (χ0v) is 15.9. The van der Waals surface area contributed by atoms with Gasteiger partial charge in [-0.25, -0.2) is 9.97 Å². The summed E-state index contributed by atoms with van der Waals surface area (Å²) in [7, 11) is 0. The van der Waals surface area contributed by atoms with Gasteiger partial charge in [0.1, 0.15) is 23.0 Å². The van der Waals surface area contributed by atoms with E-state index in [0.717, 1.165) is 27.0 Å². The average molecular weight is 363 g/mol. The molecule has 132 valence electrons. The molecule has 5 heteroatoms. The molecule has 1 atom stereocenters. The third-order valence-corrected chi connectivity index (χ3v) is 5.49. The Kier molecular flexibility index (Phi) is 4.13. The van der Waals surface area contributed by atoms with Crippen molar-refractivity contribution in [2.24, 2.45) is 5.73 Å². The normalized spacial score (nSPS) is 13.2. The highest BCUT2D eigenvalue weighted by molar-refractivity contribution is 7.17. The van der Waals surface area contributed by atoms with E-state index in [9.17, 15) is 0 Å². The van der Waals surface area contributed by atoms with E-state index >= 15 is 0 Å². The fourth-order valence-corrected chi connectivity index (χ4v) is 4.02. The first-order valence-corrected chi connectivity index (χ1v) is 9.45. The topological polar surface area (TPSA) is 64.9 Å². The number of furan rings is 1. The van der Waals surface area contributed by atoms with E-state index < -0.39 is 6.04 Å². The van der Waals surface area contributed by atoms with Crippen LogP contribution in [-0.4, -0.2) is 9.97 Å². The highest BCUT2D eigenvalue weighted by Gasteiger charge is 2.21. The average Bonchev–Trinajstić information content (AvgIpc) is 3.30. The summed E-state index contributed by atoms with van der Waals surface area (Å²) < 4.78 is 5.49. The molecule has 1 aromatic carbocycles. The van der Waals surface area contributed by atoms with E-state index in [1.54, 1.807) is 23.9 Å². The molecule has 26 heavy (non-hydrogen) atoms. The second kappa shape index (κ2) is 6.34. The quantitative estimate of drug-likeness (QED) is 0.536. The van der Waals surface area contributed by atoms with Crippen LogP contribution >= 0.6 is 11.3 Å². The molecule has 0 bridgehead atoms. The molecule has 3 aromatic heterocycles. The molecule has 0 aliphatic heterocycles. The monoisotopic (exact) mass is 363 g/mol. The SMILES string of the molecule is CC(C)(C)c1ccc(-c2csc3ncnc(C(N)c4ccco4)c23)cc1. The second-order valence-electron chi connectivity index (χ2n) is 7.41. The summed E-state index contributed by atoms with van der Waals surface area (Å²) in [6.45, 7) is 6.66. The van der Waals surface area contributed by atoms with Crippen LogP contribution in [0.2, 0.25) is 0 Å². The van der Waals surface area contributed by atoms with Crippen molar-refractivity contribution < 1.29 is 4.42 Å². The van der Waals surface area contributed by atoms with Gasteiger partial charge in [-0.1, -0.05) is 45.0 Å². The van der Waals surface area contributed by atoms with E-state index in [2.05, 4.69) is 60.4 Å². The molecule has 0 amide bonds. The van der Waals surface area contributed by atoms with Crippen LogP contribution in [0.1, 0.15) is 43.8 Å². The standard InChI is InChI=1S/C21H21N3OS/c1-21(2,3)14-8-6-13(7-9-14)15-11-26-20-17(15)19(23-12-24-20)18(22)16-5-4-10-25-16/h4-12,18H,22H2,1-3H3. The first kappa shape index (κ1) is 16.9. The molecule has 4 aromatic rings. The van der Waals surface area contributed by atoms with Crippen molar-refractivity contribution in [3.63, 3.8) is 0 Å². The maximum Gasteiger partial charge on any atom is 0.127 e. The smallest absolute Gasteiger partial charge is 0.127 e. The maximum atomic E-state index is 6.43. The Morgan fingerprint density at radius 3 is 2.50 bits per heavy atom. The Morgan fingerprint density at radius 2 is 1.85 bits per heavy atom. The number of hydrogen-bond donors (Lipinski definition) is 1. The van der Waals surface area contributed by atoms with Crippen LogP contribution < -0.4 is 5.73 Å². The maximum absolute atomic E-state index is 6.43. The van der Waals surface area contributed by atoms with Crippen molar-refractivity contribution in [2.45, 2.75) is 32.2 Å². The molecule has 0 aliphatic rings. The van der Waals surface area contributed by atoms with E-state index in [4.69, 9.17) is 10.2 Å². The third kappa shape index (κ3) is 2.93. The van der Waals surface area contributed by atoms with Gasteiger partial charge in [-0.05, 0) is 28.7 Å². The van der Waals surface area contributed by atoms with Gasteiger partial charge in [0.2, 0.25) is 0 Å². The summed E-state index contributed by atoms with van der Waals surface area (Å²) in [6.07, 6.45) is 3.21. The predicted molar refractivity (Wildman–Crippen MR) is 106 cm³/mol. The number of nitrogens with zero attached hydrogens (tertiary/aromatic N) is 2. The van der Waals surface area contributed by atoms with Crippen LogP contribution in [0.25, 0.3) is 21.3 Å². The Hall–Kier alpha value is -2.50. The minimum absolute atomic E-state index is 0.130. The van der Waals surface area contributed by atoms with Gasteiger partial charge in [-0.15, -0.1) is 11.3 Å². The highest BCUT2D eigenvalue weighted by Crippen LogP contribution is 2.37. The van der Waals surface area contributed by atoms with Gasteiger partial charge >= 0.3 is 0 Å². The fourth-order valence-electron chi connectivity index (χ4n) is 3.10. The Balaban J connectivity index is 1.84. The first-order chi connectivity index (χ1) is 12.4. The molecule has 0 saturated heterocycles. The summed E-state index contributed by atoms with van der Waals surface area (Å²) >= 11 is 1.61. The lowest BCUT2D eigenvalue weighted by molar-refractivity contribution is 0.487. The summed E-state index contributed by atoms with van der Waals surface area (Å²) in [4.78, 5) is 9.86. The van der Waals surface area contributed by atoms with Crippen molar-refractivity contribution in [1.29, 1.82) is 0 Å². The van der Waals surface area contributed by atoms with E-state index in [0.29, 0.717) is 5.76 Å². The number of rotatable bonds is 3. The van der Waals surface area contributed by atoms with Crippen LogP contribution in [0, 0.1) is 0 Å². The Bertz CT molecular complexity index is 1030. The lowest BCUT2D eigenvalue weighted by Crippen LogP contribution is -2.13. The van der Waals surface area contributed by atoms with Crippen molar-refractivity contribution in [3.8, 4) is 11.1 Å². The van der Waals surface area contributed by atoms with Gasteiger partial charge in [-0.3, -0.25) is 0 Å². The largest absolute Gasteiger partial charge is 0.467 e. The second-order valence-corrected chi connectivity index (χ2v) is 8.27. The van der Waals surface area contributed by atoms with Gasteiger partial charge in [0.05, 0.1) is 12.0 Å². The number of nitrogens with two attached hydrogens (primary N) is 1. The van der Waals surface area contributed by atoms with Crippen molar-refractivity contribution in [2.75, 3.05) is 0 Å². The summed E-state index contributed by atoms with van der Waals surface area (Å²) in [5.41, 5.74) is 10.9. The molecule has 2 N–H and O–H groups in total. The molecule has 4 nitrogen and oxygen atoms in total. The van der Waals surface area contributed by atoms with Crippen LogP contribution in [0.15, 0.2) is 58.8 Å². The molecular weight excluding hydrogens is 342 g/mol. The lowest BCUT2D eigenvalue weighted by atomic mass is 9.86. The van der Waals surface area contributed by atoms with Crippen LogP contribution in [0.5, 0.6) is 0 Å². The van der Waals surface area contributed by atoms with Crippen LogP contribution in [0.3, 0.4) is 0 Å². The van der Waals surface area contributed by atoms with Gasteiger partial charge in [-0.2, -0.15) is 0 Å². The Labute approximate surface area is 156 Å².